The van der Waals surface area contributed by atoms with Crippen molar-refractivity contribution in [1.82, 2.24) is 5.32 Å². The lowest BCUT2D eigenvalue weighted by Crippen LogP contribution is -2.22. The summed E-state index contributed by atoms with van der Waals surface area (Å²) in [5.74, 6) is -0.341. The lowest BCUT2D eigenvalue weighted by Gasteiger charge is -2.19. The van der Waals surface area contributed by atoms with Crippen LogP contribution in [0.3, 0.4) is 0 Å². The van der Waals surface area contributed by atoms with Crippen molar-refractivity contribution >= 4 is 17.5 Å². The van der Waals surface area contributed by atoms with E-state index in [9.17, 15) is 9.59 Å². The van der Waals surface area contributed by atoms with Crippen LogP contribution in [0.15, 0.2) is 48.5 Å². The smallest absolute Gasteiger partial charge is 0.255 e. The SMILES string of the molecule is CCNC(=O)c1cccc(NC(=O)c2ccc(C(C)(C)C)cc2)c1. The summed E-state index contributed by atoms with van der Waals surface area (Å²) < 4.78 is 0. The minimum absolute atomic E-state index is 0.0516. The molecule has 2 aromatic carbocycles. The molecule has 4 nitrogen and oxygen atoms in total. The van der Waals surface area contributed by atoms with E-state index in [-0.39, 0.29) is 17.2 Å². The van der Waals surface area contributed by atoms with Gasteiger partial charge in [-0.2, -0.15) is 0 Å². The molecule has 0 aliphatic carbocycles. The molecule has 24 heavy (non-hydrogen) atoms. The molecule has 0 aromatic heterocycles. The van der Waals surface area contributed by atoms with E-state index >= 15 is 0 Å². The highest BCUT2D eigenvalue weighted by Gasteiger charge is 2.14. The van der Waals surface area contributed by atoms with E-state index in [0.29, 0.717) is 23.4 Å². The average molecular weight is 324 g/mol. The largest absolute Gasteiger partial charge is 0.352 e. The van der Waals surface area contributed by atoms with Gasteiger partial charge in [0.25, 0.3) is 11.8 Å². The zero-order valence-electron chi connectivity index (χ0n) is 14.6. The van der Waals surface area contributed by atoms with Crippen molar-refractivity contribution in [3.63, 3.8) is 0 Å². The quantitative estimate of drug-likeness (QED) is 0.893. The van der Waals surface area contributed by atoms with E-state index in [4.69, 9.17) is 0 Å². The van der Waals surface area contributed by atoms with Gasteiger partial charge in [-0.1, -0.05) is 39.0 Å². The van der Waals surface area contributed by atoms with Gasteiger partial charge in [0.1, 0.15) is 0 Å². The molecule has 126 valence electrons. The van der Waals surface area contributed by atoms with E-state index in [2.05, 4.69) is 31.4 Å². The number of nitrogens with one attached hydrogen (secondary N) is 2. The van der Waals surface area contributed by atoms with Crippen molar-refractivity contribution in [3.05, 3.63) is 65.2 Å². The van der Waals surface area contributed by atoms with E-state index in [0.717, 1.165) is 0 Å². The van der Waals surface area contributed by atoms with Crippen LogP contribution in [0, 0.1) is 0 Å². The van der Waals surface area contributed by atoms with Crippen LogP contribution in [0.4, 0.5) is 5.69 Å². The van der Waals surface area contributed by atoms with Crippen LogP contribution in [0.2, 0.25) is 0 Å². The van der Waals surface area contributed by atoms with Gasteiger partial charge in [0.15, 0.2) is 0 Å². The van der Waals surface area contributed by atoms with Gasteiger partial charge in [-0.15, -0.1) is 0 Å². The Morgan fingerprint density at radius 2 is 1.58 bits per heavy atom. The van der Waals surface area contributed by atoms with Gasteiger partial charge >= 0.3 is 0 Å². The summed E-state index contributed by atoms with van der Waals surface area (Å²) in [5.41, 5.74) is 2.95. The zero-order chi connectivity index (χ0) is 17.7. The van der Waals surface area contributed by atoms with Gasteiger partial charge in [0.2, 0.25) is 0 Å². The number of carbonyl (C=O) groups is 2. The van der Waals surface area contributed by atoms with Crippen LogP contribution in [0.5, 0.6) is 0 Å². The van der Waals surface area contributed by atoms with Crippen LogP contribution in [0.25, 0.3) is 0 Å². The maximum Gasteiger partial charge on any atom is 0.255 e. The number of hydrogen-bond donors (Lipinski definition) is 2. The second-order valence-electron chi connectivity index (χ2n) is 6.72. The van der Waals surface area contributed by atoms with Gasteiger partial charge in [0.05, 0.1) is 0 Å². The lowest BCUT2D eigenvalue weighted by atomic mass is 9.87. The molecule has 2 amide bonds. The first-order valence-electron chi connectivity index (χ1n) is 8.11. The molecule has 2 rings (SSSR count). The van der Waals surface area contributed by atoms with Crippen molar-refractivity contribution in [2.24, 2.45) is 0 Å². The van der Waals surface area contributed by atoms with E-state index < -0.39 is 0 Å². The first-order chi connectivity index (χ1) is 11.3. The molecule has 0 heterocycles. The second-order valence-corrected chi connectivity index (χ2v) is 6.72. The third-order valence-electron chi connectivity index (χ3n) is 3.73. The summed E-state index contributed by atoms with van der Waals surface area (Å²) in [6.45, 7) is 8.83. The van der Waals surface area contributed by atoms with E-state index in [1.54, 1.807) is 24.3 Å². The number of rotatable bonds is 4. The Morgan fingerprint density at radius 1 is 0.917 bits per heavy atom. The summed E-state index contributed by atoms with van der Waals surface area (Å²) in [5, 5.41) is 5.58. The molecule has 2 N–H and O–H groups in total. The molecular weight excluding hydrogens is 300 g/mol. The average Bonchev–Trinajstić information content (AvgIpc) is 2.54. The second kappa shape index (κ2) is 7.30. The predicted molar refractivity (Wildman–Crippen MR) is 97.5 cm³/mol. The minimum atomic E-state index is -0.191. The molecule has 2 aromatic rings. The van der Waals surface area contributed by atoms with Crippen molar-refractivity contribution in [1.29, 1.82) is 0 Å². The summed E-state index contributed by atoms with van der Waals surface area (Å²) in [7, 11) is 0. The van der Waals surface area contributed by atoms with Crippen LogP contribution in [-0.4, -0.2) is 18.4 Å². The monoisotopic (exact) mass is 324 g/mol. The molecule has 4 heteroatoms. The normalized spacial score (nSPS) is 11.0. The van der Waals surface area contributed by atoms with Crippen molar-refractivity contribution in [3.8, 4) is 0 Å². The van der Waals surface area contributed by atoms with Gasteiger partial charge < -0.3 is 10.6 Å². The first kappa shape index (κ1) is 17.7. The van der Waals surface area contributed by atoms with Crippen molar-refractivity contribution < 1.29 is 9.59 Å². The Labute approximate surface area is 143 Å². The van der Waals surface area contributed by atoms with Crippen molar-refractivity contribution in [2.75, 3.05) is 11.9 Å². The Kier molecular flexibility index (Phi) is 5.39. The van der Waals surface area contributed by atoms with Crippen molar-refractivity contribution in [2.45, 2.75) is 33.1 Å². The number of carbonyl (C=O) groups excluding carboxylic acids is 2. The standard InChI is InChI=1S/C20H24N2O2/c1-5-21-18(23)15-7-6-8-17(13-15)22-19(24)14-9-11-16(12-10-14)20(2,3)4/h6-13H,5H2,1-4H3,(H,21,23)(H,22,24). The van der Waals surface area contributed by atoms with Gasteiger partial charge in [0, 0.05) is 23.4 Å². The summed E-state index contributed by atoms with van der Waals surface area (Å²) in [6.07, 6.45) is 0. The van der Waals surface area contributed by atoms with Gasteiger partial charge in [-0.3, -0.25) is 9.59 Å². The third-order valence-corrected chi connectivity index (χ3v) is 3.73. The van der Waals surface area contributed by atoms with Crippen LogP contribution < -0.4 is 10.6 Å². The van der Waals surface area contributed by atoms with E-state index in [1.807, 2.05) is 31.2 Å². The third kappa shape index (κ3) is 4.44. The molecule has 0 aliphatic rings. The Bertz CT molecular complexity index is 728. The molecular formula is C20H24N2O2. The Morgan fingerprint density at radius 3 is 2.17 bits per heavy atom. The molecule has 0 fully saturated rings. The van der Waals surface area contributed by atoms with Crippen LogP contribution in [0.1, 0.15) is 54.0 Å². The highest BCUT2D eigenvalue weighted by Crippen LogP contribution is 2.22. The summed E-state index contributed by atoms with van der Waals surface area (Å²) in [6, 6.07) is 14.5. The summed E-state index contributed by atoms with van der Waals surface area (Å²) in [4.78, 5) is 24.2. The topological polar surface area (TPSA) is 58.2 Å². The predicted octanol–water partition coefficient (Wildman–Crippen LogP) is 3.99. The van der Waals surface area contributed by atoms with Crippen LogP contribution in [-0.2, 0) is 5.41 Å². The number of amides is 2. The molecule has 0 saturated carbocycles. The zero-order valence-corrected chi connectivity index (χ0v) is 14.6. The molecule has 0 unspecified atom stereocenters. The molecule has 0 spiro atoms. The minimum Gasteiger partial charge on any atom is -0.352 e. The number of hydrogen-bond acceptors (Lipinski definition) is 2. The highest BCUT2D eigenvalue weighted by atomic mass is 16.2. The highest BCUT2D eigenvalue weighted by molar-refractivity contribution is 6.05. The Hall–Kier alpha value is -2.62. The number of anilines is 1. The van der Waals surface area contributed by atoms with Gasteiger partial charge in [-0.25, -0.2) is 0 Å². The fraction of sp³-hybridized carbons (Fsp3) is 0.300. The molecule has 0 radical (unpaired) electrons. The Balaban J connectivity index is 2.12. The first-order valence-corrected chi connectivity index (χ1v) is 8.11. The van der Waals surface area contributed by atoms with Crippen LogP contribution >= 0.6 is 0 Å². The number of benzene rings is 2. The van der Waals surface area contributed by atoms with Gasteiger partial charge in [-0.05, 0) is 48.2 Å². The molecule has 0 atom stereocenters. The van der Waals surface area contributed by atoms with E-state index in [1.165, 1.54) is 5.56 Å². The summed E-state index contributed by atoms with van der Waals surface area (Å²) >= 11 is 0. The lowest BCUT2D eigenvalue weighted by molar-refractivity contribution is 0.0954. The maximum absolute atomic E-state index is 12.4. The molecule has 0 aliphatic heterocycles. The fourth-order valence-corrected chi connectivity index (χ4v) is 2.33. The molecule has 0 saturated heterocycles. The maximum atomic E-state index is 12.4. The molecule has 0 bridgehead atoms. The fourth-order valence-electron chi connectivity index (χ4n) is 2.33.